The number of benzene rings is 1. The summed E-state index contributed by atoms with van der Waals surface area (Å²) in [5.74, 6) is 0.344. The van der Waals surface area contributed by atoms with Crippen LogP contribution in [0.2, 0.25) is 0 Å². The fraction of sp³-hybridized carbons (Fsp3) is 0.316. The number of rotatable bonds is 4. The van der Waals surface area contributed by atoms with Gasteiger partial charge in [-0.1, -0.05) is 17.8 Å². The van der Waals surface area contributed by atoms with Crippen LogP contribution in [0.5, 0.6) is 0 Å². The molecule has 0 saturated carbocycles. The normalized spacial score (nSPS) is 13.2. The van der Waals surface area contributed by atoms with Gasteiger partial charge in [0, 0.05) is 16.0 Å². The minimum atomic E-state index is -0.000635. The molecule has 4 rings (SSSR count). The van der Waals surface area contributed by atoms with Gasteiger partial charge in [0.25, 0.3) is 0 Å². The number of hydrogen-bond acceptors (Lipinski definition) is 5. The lowest BCUT2D eigenvalue weighted by Gasteiger charge is -2.08. The van der Waals surface area contributed by atoms with E-state index in [1.54, 1.807) is 17.7 Å². The molecule has 6 heteroatoms. The van der Waals surface area contributed by atoms with Crippen LogP contribution in [0.1, 0.15) is 28.0 Å². The molecule has 1 amide bonds. The summed E-state index contributed by atoms with van der Waals surface area (Å²) in [6, 6.07) is 6.25. The molecule has 4 nitrogen and oxygen atoms in total. The number of carbonyl (C=O) groups is 1. The smallest absolute Gasteiger partial charge is 0.234 e. The van der Waals surface area contributed by atoms with Crippen molar-refractivity contribution in [2.24, 2.45) is 0 Å². The molecule has 0 aliphatic heterocycles. The molecule has 1 aliphatic rings. The highest BCUT2D eigenvalue weighted by molar-refractivity contribution is 8.00. The largest absolute Gasteiger partial charge is 0.325 e. The predicted molar refractivity (Wildman–Crippen MR) is 105 cm³/mol. The van der Waals surface area contributed by atoms with Gasteiger partial charge in [0.2, 0.25) is 5.91 Å². The van der Waals surface area contributed by atoms with E-state index in [2.05, 4.69) is 41.3 Å². The van der Waals surface area contributed by atoms with E-state index in [9.17, 15) is 4.79 Å². The molecule has 128 valence electrons. The van der Waals surface area contributed by atoms with E-state index < -0.39 is 0 Å². The average Bonchev–Trinajstić information content (AvgIpc) is 3.17. The van der Waals surface area contributed by atoms with E-state index in [1.807, 2.05) is 6.07 Å². The van der Waals surface area contributed by atoms with Crippen molar-refractivity contribution in [3.8, 4) is 0 Å². The molecule has 0 fully saturated rings. The fourth-order valence-electron chi connectivity index (χ4n) is 3.24. The molecule has 0 atom stereocenters. The minimum absolute atomic E-state index is 0.000635. The van der Waals surface area contributed by atoms with E-state index in [0.717, 1.165) is 33.8 Å². The molecule has 3 aromatic rings. The first-order chi connectivity index (χ1) is 12.1. The van der Waals surface area contributed by atoms with Crippen LogP contribution in [0.4, 0.5) is 5.69 Å². The van der Waals surface area contributed by atoms with Gasteiger partial charge in [0.15, 0.2) is 0 Å². The van der Waals surface area contributed by atoms with E-state index >= 15 is 0 Å². The number of fused-ring (bicyclic) bond motifs is 2. The molecule has 2 heterocycles. The third-order valence-corrected chi connectivity index (χ3v) is 6.76. The van der Waals surface area contributed by atoms with Crippen molar-refractivity contribution in [3.63, 3.8) is 0 Å². The summed E-state index contributed by atoms with van der Waals surface area (Å²) < 4.78 is 0. The predicted octanol–water partition coefficient (Wildman–Crippen LogP) is 4.53. The zero-order chi connectivity index (χ0) is 17.4. The fourth-order valence-corrected chi connectivity index (χ4v) is 5.16. The first-order valence-corrected chi connectivity index (χ1v) is 10.2. The molecule has 2 aromatic heterocycles. The van der Waals surface area contributed by atoms with Crippen molar-refractivity contribution in [1.82, 2.24) is 9.97 Å². The van der Waals surface area contributed by atoms with E-state index in [-0.39, 0.29) is 5.91 Å². The molecule has 0 bridgehead atoms. The third-order valence-electron chi connectivity index (χ3n) is 4.65. The standard InChI is InChI=1S/C19H19N3OS2/c1-11-12(2)25-19-17(11)18(20-10-21-19)24-9-16(23)22-15-7-6-13-4-3-5-14(13)8-15/h6-8,10H,3-5,9H2,1-2H3,(H,22,23). The molecule has 1 aliphatic carbocycles. The van der Waals surface area contributed by atoms with E-state index in [4.69, 9.17) is 0 Å². The van der Waals surface area contributed by atoms with Crippen LogP contribution in [0.25, 0.3) is 10.2 Å². The Hall–Kier alpha value is -1.92. The molecule has 0 radical (unpaired) electrons. The number of hydrogen-bond donors (Lipinski definition) is 1. The Morgan fingerprint density at radius 1 is 1.24 bits per heavy atom. The van der Waals surface area contributed by atoms with Crippen LogP contribution in [0.15, 0.2) is 29.6 Å². The Morgan fingerprint density at radius 2 is 2.08 bits per heavy atom. The van der Waals surface area contributed by atoms with E-state index in [1.165, 1.54) is 39.8 Å². The summed E-state index contributed by atoms with van der Waals surface area (Å²) in [5, 5.41) is 4.98. The van der Waals surface area contributed by atoms with Crippen molar-refractivity contribution in [2.45, 2.75) is 38.1 Å². The van der Waals surface area contributed by atoms with Crippen molar-refractivity contribution in [2.75, 3.05) is 11.1 Å². The van der Waals surface area contributed by atoms with Crippen molar-refractivity contribution in [3.05, 3.63) is 46.1 Å². The topological polar surface area (TPSA) is 54.9 Å². The van der Waals surface area contributed by atoms with Gasteiger partial charge < -0.3 is 5.32 Å². The molecule has 25 heavy (non-hydrogen) atoms. The lowest BCUT2D eigenvalue weighted by molar-refractivity contribution is -0.113. The lowest BCUT2D eigenvalue weighted by atomic mass is 10.1. The highest BCUT2D eigenvalue weighted by Gasteiger charge is 2.15. The van der Waals surface area contributed by atoms with Gasteiger partial charge in [-0.15, -0.1) is 11.3 Å². The second-order valence-electron chi connectivity index (χ2n) is 6.32. The number of thioether (sulfide) groups is 1. The van der Waals surface area contributed by atoms with E-state index in [0.29, 0.717) is 5.75 Å². The van der Waals surface area contributed by atoms with Crippen LogP contribution in [-0.4, -0.2) is 21.6 Å². The Labute approximate surface area is 155 Å². The number of anilines is 1. The first-order valence-electron chi connectivity index (χ1n) is 8.37. The number of aromatic nitrogens is 2. The van der Waals surface area contributed by atoms with Gasteiger partial charge in [-0.3, -0.25) is 4.79 Å². The Kier molecular flexibility index (Phi) is 4.48. The molecule has 0 spiro atoms. The van der Waals surface area contributed by atoms with Crippen LogP contribution in [-0.2, 0) is 17.6 Å². The molecule has 1 N–H and O–H groups in total. The maximum absolute atomic E-state index is 12.3. The molecular formula is C19H19N3OS2. The maximum atomic E-state index is 12.3. The van der Waals surface area contributed by atoms with Crippen LogP contribution in [0.3, 0.4) is 0 Å². The average molecular weight is 370 g/mol. The Morgan fingerprint density at radius 3 is 2.96 bits per heavy atom. The first kappa shape index (κ1) is 16.5. The number of nitrogens with one attached hydrogen (secondary N) is 1. The summed E-state index contributed by atoms with van der Waals surface area (Å²) >= 11 is 3.15. The van der Waals surface area contributed by atoms with Crippen LogP contribution >= 0.6 is 23.1 Å². The third kappa shape index (κ3) is 3.28. The highest BCUT2D eigenvalue weighted by atomic mass is 32.2. The van der Waals surface area contributed by atoms with Crippen molar-refractivity contribution < 1.29 is 4.79 Å². The Balaban J connectivity index is 1.46. The summed E-state index contributed by atoms with van der Waals surface area (Å²) in [7, 11) is 0. The molecule has 0 unspecified atom stereocenters. The van der Waals surface area contributed by atoms with Gasteiger partial charge >= 0.3 is 0 Å². The molecule has 0 saturated heterocycles. The highest BCUT2D eigenvalue weighted by Crippen LogP contribution is 2.34. The minimum Gasteiger partial charge on any atom is -0.325 e. The lowest BCUT2D eigenvalue weighted by Crippen LogP contribution is -2.14. The number of nitrogens with zero attached hydrogens (tertiary/aromatic N) is 2. The quantitative estimate of drug-likeness (QED) is 0.542. The van der Waals surface area contributed by atoms with Gasteiger partial charge in [-0.25, -0.2) is 9.97 Å². The van der Waals surface area contributed by atoms with Gasteiger partial charge in [-0.05, 0) is 61.9 Å². The number of thiophene rings is 1. The second kappa shape index (κ2) is 6.77. The summed E-state index contributed by atoms with van der Waals surface area (Å²) in [6.07, 6.45) is 5.07. The Bertz CT molecular complexity index is 965. The number of aryl methyl sites for hydroxylation is 4. The van der Waals surface area contributed by atoms with Crippen molar-refractivity contribution >= 4 is 44.9 Å². The zero-order valence-corrected chi connectivity index (χ0v) is 15.9. The monoisotopic (exact) mass is 369 g/mol. The van der Waals surface area contributed by atoms with Gasteiger partial charge in [0.05, 0.1) is 5.75 Å². The number of amides is 1. The van der Waals surface area contributed by atoms with Crippen LogP contribution < -0.4 is 5.32 Å². The molecule has 1 aromatic carbocycles. The maximum Gasteiger partial charge on any atom is 0.234 e. The SMILES string of the molecule is Cc1sc2ncnc(SCC(=O)Nc3ccc4c(c3)CCC4)c2c1C. The number of carbonyl (C=O) groups excluding carboxylic acids is 1. The second-order valence-corrected chi connectivity index (χ2v) is 8.48. The van der Waals surface area contributed by atoms with Gasteiger partial charge in [-0.2, -0.15) is 0 Å². The summed E-state index contributed by atoms with van der Waals surface area (Å²) in [6.45, 7) is 4.18. The van der Waals surface area contributed by atoms with Crippen LogP contribution in [0, 0.1) is 13.8 Å². The zero-order valence-electron chi connectivity index (χ0n) is 14.3. The summed E-state index contributed by atoms with van der Waals surface area (Å²) in [5.41, 5.74) is 4.88. The molecular weight excluding hydrogens is 350 g/mol. The van der Waals surface area contributed by atoms with Crippen molar-refractivity contribution in [1.29, 1.82) is 0 Å². The summed E-state index contributed by atoms with van der Waals surface area (Å²) in [4.78, 5) is 23.3. The van der Waals surface area contributed by atoms with Gasteiger partial charge in [0.1, 0.15) is 16.2 Å².